The second kappa shape index (κ2) is 7.19. The summed E-state index contributed by atoms with van der Waals surface area (Å²) in [6.07, 6.45) is 4.95. The Balaban J connectivity index is 1.80. The molecule has 2 N–H and O–H groups in total. The Kier molecular flexibility index (Phi) is 4.62. The van der Waals surface area contributed by atoms with Gasteiger partial charge < -0.3 is 4.74 Å². The predicted molar refractivity (Wildman–Crippen MR) is 92.3 cm³/mol. The molecule has 0 saturated carbocycles. The van der Waals surface area contributed by atoms with E-state index in [0.717, 1.165) is 16.9 Å². The normalized spacial score (nSPS) is 10.7. The van der Waals surface area contributed by atoms with E-state index in [1.165, 1.54) is 6.07 Å². The molecule has 0 spiro atoms. The quantitative estimate of drug-likeness (QED) is 0.555. The number of aromatic nitrogens is 3. The molecule has 0 radical (unpaired) electrons. The molecule has 24 heavy (non-hydrogen) atoms. The number of aromatic amines is 1. The van der Waals surface area contributed by atoms with Crippen LogP contribution in [0.2, 0.25) is 0 Å². The largest absolute Gasteiger partial charge is 0.497 e. The number of nitrogens with zero attached hydrogens (tertiary/aromatic N) is 3. The number of methoxy groups -OCH3 is 1. The summed E-state index contributed by atoms with van der Waals surface area (Å²) in [6, 6.07) is 12.4. The molecular weight excluding hydrogens is 306 g/mol. The first-order chi connectivity index (χ1) is 11.7. The molecule has 0 fully saturated rings. The molecule has 2 heterocycles. The maximum Gasteiger partial charge on any atom is 0.252 e. The van der Waals surface area contributed by atoms with Gasteiger partial charge in [0.1, 0.15) is 5.75 Å². The molecule has 2 aromatic heterocycles. The van der Waals surface area contributed by atoms with Crippen molar-refractivity contribution in [2.45, 2.75) is 0 Å². The summed E-state index contributed by atoms with van der Waals surface area (Å²) in [5.74, 6) is 0.997. The van der Waals surface area contributed by atoms with Crippen molar-refractivity contribution in [3.05, 3.63) is 70.8 Å². The van der Waals surface area contributed by atoms with E-state index in [2.05, 4.69) is 25.5 Å². The van der Waals surface area contributed by atoms with Gasteiger partial charge in [-0.25, -0.2) is 10.4 Å². The van der Waals surface area contributed by atoms with Gasteiger partial charge in [0.05, 0.1) is 19.0 Å². The lowest BCUT2D eigenvalue weighted by atomic mass is 10.1. The van der Waals surface area contributed by atoms with Gasteiger partial charge in [0, 0.05) is 29.6 Å². The SMILES string of the molecule is COc1ccc(-c2cc(=O)[nH]c(N/N=C\c3cccnc3)n2)cc1. The lowest BCUT2D eigenvalue weighted by Gasteiger charge is -2.05. The Bertz CT molecular complexity index is 889. The molecule has 7 heteroatoms. The van der Waals surface area contributed by atoms with Gasteiger partial charge in [0.2, 0.25) is 5.95 Å². The number of hydrogen-bond donors (Lipinski definition) is 2. The van der Waals surface area contributed by atoms with Crippen molar-refractivity contribution in [2.75, 3.05) is 12.5 Å². The molecule has 0 atom stereocenters. The van der Waals surface area contributed by atoms with Crippen LogP contribution in [0, 0.1) is 0 Å². The number of ether oxygens (including phenoxy) is 1. The minimum Gasteiger partial charge on any atom is -0.497 e. The number of nitrogens with one attached hydrogen (secondary N) is 2. The van der Waals surface area contributed by atoms with Crippen LogP contribution in [0.15, 0.2) is 64.8 Å². The second-order valence-electron chi connectivity index (χ2n) is 4.86. The average molecular weight is 321 g/mol. The summed E-state index contributed by atoms with van der Waals surface area (Å²) in [5, 5.41) is 4.05. The maximum atomic E-state index is 11.8. The Labute approximate surface area is 138 Å². The summed E-state index contributed by atoms with van der Waals surface area (Å²) in [5.41, 5.74) is 4.63. The third-order valence-corrected chi connectivity index (χ3v) is 3.20. The molecule has 0 aliphatic carbocycles. The zero-order chi connectivity index (χ0) is 16.8. The number of hydrazone groups is 1. The van der Waals surface area contributed by atoms with Crippen LogP contribution < -0.4 is 15.7 Å². The standard InChI is InChI=1S/C17H15N5O2/c1-24-14-6-4-13(5-7-14)15-9-16(23)21-17(20-15)22-19-11-12-3-2-8-18-10-12/h2-11H,1H3,(H2,20,21,22,23)/b19-11-. The van der Waals surface area contributed by atoms with Crippen LogP contribution in [0.5, 0.6) is 5.75 Å². The smallest absolute Gasteiger partial charge is 0.252 e. The third kappa shape index (κ3) is 3.83. The van der Waals surface area contributed by atoms with Gasteiger partial charge in [-0.1, -0.05) is 6.07 Å². The van der Waals surface area contributed by atoms with Gasteiger partial charge in [0.15, 0.2) is 0 Å². The Morgan fingerprint density at radius 1 is 1.25 bits per heavy atom. The predicted octanol–water partition coefficient (Wildman–Crippen LogP) is 2.29. The Morgan fingerprint density at radius 3 is 2.79 bits per heavy atom. The molecule has 0 bridgehead atoms. The first kappa shape index (κ1) is 15.4. The fourth-order valence-corrected chi connectivity index (χ4v) is 2.04. The molecule has 7 nitrogen and oxygen atoms in total. The second-order valence-corrected chi connectivity index (χ2v) is 4.86. The van der Waals surface area contributed by atoms with Crippen molar-refractivity contribution < 1.29 is 4.74 Å². The average Bonchev–Trinajstić information content (AvgIpc) is 2.62. The van der Waals surface area contributed by atoms with Crippen molar-refractivity contribution in [3.8, 4) is 17.0 Å². The van der Waals surface area contributed by atoms with E-state index in [1.54, 1.807) is 25.7 Å². The van der Waals surface area contributed by atoms with Crippen LogP contribution >= 0.6 is 0 Å². The molecule has 0 unspecified atom stereocenters. The number of benzene rings is 1. The number of anilines is 1. The Hall–Kier alpha value is -3.48. The number of pyridine rings is 1. The lowest BCUT2D eigenvalue weighted by molar-refractivity contribution is 0.415. The topological polar surface area (TPSA) is 92.3 Å². The number of rotatable bonds is 5. The molecule has 0 amide bonds. The third-order valence-electron chi connectivity index (χ3n) is 3.20. The van der Waals surface area contributed by atoms with Crippen LogP contribution in [0.3, 0.4) is 0 Å². The Morgan fingerprint density at radius 2 is 2.08 bits per heavy atom. The fourth-order valence-electron chi connectivity index (χ4n) is 2.04. The van der Waals surface area contributed by atoms with Crippen molar-refractivity contribution in [3.63, 3.8) is 0 Å². The summed E-state index contributed by atoms with van der Waals surface area (Å²) < 4.78 is 5.12. The van der Waals surface area contributed by atoms with Crippen molar-refractivity contribution in [2.24, 2.45) is 5.10 Å². The molecule has 0 saturated heterocycles. The van der Waals surface area contributed by atoms with Gasteiger partial charge in [0.25, 0.3) is 5.56 Å². The first-order valence-corrected chi connectivity index (χ1v) is 7.19. The highest BCUT2D eigenvalue weighted by Gasteiger charge is 2.04. The lowest BCUT2D eigenvalue weighted by Crippen LogP contribution is -2.10. The summed E-state index contributed by atoms with van der Waals surface area (Å²) >= 11 is 0. The minimum absolute atomic E-state index is 0.258. The van der Waals surface area contributed by atoms with Gasteiger partial charge in [-0.05, 0) is 30.3 Å². The van der Waals surface area contributed by atoms with Gasteiger partial charge >= 0.3 is 0 Å². The highest BCUT2D eigenvalue weighted by atomic mass is 16.5. The molecule has 3 rings (SSSR count). The number of hydrogen-bond acceptors (Lipinski definition) is 6. The highest BCUT2D eigenvalue weighted by molar-refractivity contribution is 5.79. The fraction of sp³-hybridized carbons (Fsp3) is 0.0588. The molecule has 0 aliphatic heterocycles. The minimum atomic E-state index is -0.269. The zero-order valence-corrected chi connectivity index (χ0v) is 12.9. The molecule has 0 aliphatic rings. The van der Waals surface area contributed by atoms with E-state index in [0.29, 0.717) is 5.69 Å². The van der Waals surface area contributed by atoms with Crippen molar-refractivity contribution >= 4 is 12.2 Å². The van der Waals surface area contributed by atoms with Crippen LogP contribution in [0.4, 0.5) is 5.95 Å². The van der Waals surface area contributed by atoms with Crippen LogP contribution in [-0.2, 0) is 0 Å². The van der Waals surface area contributed by atoms with E-state index < -0.39 is 0 Å². The molecule has 3 aromatic rings. The summed E-state index contributed by atoms with van der Waals surface area (Å²) in [4.78, 5) is 22.8. The van der Waals surface area contributed by atoms with E-state index >= 15 is 0 Å². The molecular formula is C17H15N5O2. The first-order valence-electron chi connectivity index (χ1n) is 7.19. The maximum absolute atomic E-state index is 11.8. The van der Waals surface area contributed by atoms with Crippen molar-refractivity contribution in [1.29, 1.82) is 0 Å². The van der Waals surface area contributed by atoms with E-state index in [9.17, 15) is 4.79 Å². The summed E-state index contributed by atoms with van der Waals surface area (Å²) in [6.45, 7) is 0. The zero-order valence-electron chi connectivity index (χ0n) is 12.9. The monoisotopic (exact) mass is 321 g/mol. The highest BCUT2D eigenvalue weighted by Crippen LogP contribution is 2.20. The van der Waals surface area contributed by atoms with Crippen molar-refractivity contribution in [1.82, 2.24) is 15.0 Å². The number of H-pyrrole nitrogens is 1. The summed E-state index contributed by atoms with van der Waals surface area (Å²) in [7, 11) is 1.60. The van der Waals surface area contributed by atoms with E-state index in [4.69, 9.17) is 4.74 Å². The van der Waals surface area contributed by atoms with E-state index in [1.807, 2.05) is 36.4 Å². The van der Waals surface area contributed by atoms with Crippen LogP contribution in [0.25, 0.3) is 11.3 Å². The van der Waals surface area contributed by atoms with Gasteiger partial charge in [-0.3, -0.25) is 14.8 Å². The van der Waals surface area contributed by atoms with Gasteiger partial charge in [-0.2, -0.15) is 5.10 Å². The molecule has 120 valence electrons. The van der Waals surface area contributed by atoms with Gasteiger partial charge in [-0.15, -0.1) is 0 Å². The van der Waals surface area contributed by atoms with Crippen LogP contribution in [0.1, 0.15) is 5.56 Å². The molecule has 1 aromatic carbocycles. The van der Waals surface area contributed by atoms with E-state index in [-0.39, 0.29) is 11.5 Å². The van der Waals surface area contributed by atoms with Crippen LogP contribution in [-0.4, -0.2) is 28.3 Å².